The van der Waals surface area contributed by atoms with Crippen LogP contribution in [0.2, 0.25) is 0 Å². The van der Waals surface area contributed by atoms with Crippen LogP contribution >= 0.6 is 0 Å². The number of pyridine rings is 1. The number of aromatic nitrogens is 3. The minimum Gasteiger partial charge on any atom is -0.348 e. The number of para-hydroxylation sites is 1. The second-order valence-corrected chi connectivity index (χ2v) is 7.41. The number of nitrogens with zero attached hydrogens (tertiary/aromatic N) is 3. The predicted molar refractivity (Wildman–Crippen MR) is 110 cm³/mol. The predicted octanol–water partition coefficient (Wildman–Crippen LogP) is 4.78. The van der Waals surface area contributed by atoms with Crippen LogP contribution in [0.15, 0.2) is 60.9 Å². The van der Waals surface area contributed by atoms with Gasteiger partial charge in [0, 0.05) is 24.0 Å². The molecule has 2 heterocycles. The number of nitrogens with one attached hydrogen (secondary N) is 1. The van der Waals surface area contributed by atoms with E-state index in [1.807, 2.05) is 53.2 Å². The Morgan fingerprint density at radius 1 is 0.929 bits per heavy atom. The standard InChI is InChI=1S/C23H26N4O/c28-23(25-19-9-5-2-1-3-6-10-19)21-17-22(18-13-15-24-16-14-18)27(26-21)20-11-7-4-8-12-20/h4,7-8,11-17,19H,1-3,5-6,9-10H2,(H,25,28). The Kier molecular flexibility index (Phi) is 5.80. The Morgan fingerprint density at radius 2 is 1.61 bits per heavy atom. The molecule has 1 aliphatic carbocycles. The van der Waals surface area contributed by atoms with E-state index in [-0.39, 0.29) is 11.9 Å². The van der Waals surface area contributed by atoms with Crippen LogP contribution in [0, 0.1) is 0 Å². The zero-order valence-corrected chi connectivity index (χ0v) is 16.1. The smallest absolute Gasteiger partial charge is 0.272 e. The Balaban J connectivity index is 1.62. The van der Waals surface area contributed by atoms with Crippen LogP contribution in [0.5, 0.6) is 0 Å². The topological polar surface area (TPSA) is 59.8 Å². The van der Waals surface area contributed by atoms with Gasteiger partial charge in [-0.2, -0.15) is 5.10 Å². The van der Waals surface area contributed by atoms with E-state index < -0.39 is 0 Å². The largest absolute Gasteiger partial charge is 0.348 e. The van der Waals surface area contributed by atoms with Gasteiger partial charge in [0.2, 0.25) is 0 Å². The summed E-state index contributed by atoms with van der Waals surface area (Å²) in [6, 6.07) is 15.9. The quantitative estimate of drug-likeness (QED) is 0.715. The highest BCUT2D eigenvalue weighted by Gasteiger charge is 2.20. The van der Waals surface area contributed by atoms with E-state index in [1.165, 1.54) is 32.1 Å². The van der Waals surface area contributed by atoms with Gasteiger partial charge < -0.3 is 5.32 Å². The maximum absolute atomic E-state index is 12.9. The zero-order chi connectivity index (χ0) is 19.2. The maximum atomic E-state index is 12.9. The van der Waals surface area contributed by atoms with Gasteiger partial charge in [-0.25, -0.2) is 4.68 Å². The molecule has 0 atom stereocenters. The Bertz CT molecular complexity index is 840. The SMILES string of the molecule is O=C(NC1CCCCCCC1)c1cc(-c2ccncc2)n(-c2ccccc2)n1. The molecular formula is C23H26N4O. The number of benzene rings is 1. The lowest BCUT2D eigenvalue weighted by molar-refractivity contribution is 0.0925. The lowest BCUT2D eigenvalue weighted by Gasteiger charge is -2.20. The van der Waals surface area contributed by atoms with E-state index in [0.29, 0.717) is 5.69 Å². The summed E-state index contributed by atoms with van der Waals surface area (Å²) >= 11 is 0. The molecule has 144 valence electrons. The molecule has 0 aliphatic heterocycles. The molecule has 1 saturated carbocycles. The molecule has 0 bridgehead atoms. The molecule has 0 saturated heterocycles. The lowest BCUT2D eigenvalue weighted by atomic mass is 9.96. The van der Waals surface area contributed by atoms with Crippen molar-refractivity contribution in [3.05, 3.63) is 66.6 Å². The van der Waals surface area contributed by atoms with Gasteiger partial charge in [0.1, 0.15) is 0 Å². The molecule has 0 spiro atoms. The van der Waals surface area contributed by atoms with Crippen LogP contribution in [-0.4, -0.2) is 26.7 Å². The molecule has 1 amide bonds. The highest BCUT2D eigenvalue weighted by atomic mass is 16.2. The van der Waals surface area contributed by atoms with Crippen molar-refractivity contribution < 1.29 is 4.79 Å². The summed E-state index contributed by atoms with van der Waals surface area (Å²) < 4.78 is 1.84. The molecule has 5 nitrogen and oxygen atoms in total. The molecule has 1 aromatic carbocycles. The first-order valence-corrected chi connectivity index (χ1v) is 10.2. The second kappa shape index (κ2) is 8.83. The van der Waals surface area contributed by atoms with Crippen molar-refractivity contribution in [2.75, 3.05) is 0 Å². The third-order valence-corrected chi connectivity index (χ3v) is 5.36. The average Bonchev–Trinajstić information content (AvgIpc) is 3.17. The molecule has 0 unspecified atom stereocenters. The zero-order valence-electron chi connectivity index (χ0n) is 16.1. The summed E-state index contributed by atoms with van der Waals surface area (Å²) in [5.41, 5.74) is 3.25. The summed E-state index contributed by atoms with van der Waals surface area (Å²) in [5.74, 6) is -0.0874. The van der Waals surface area contributed by atoms with Crippen LogP contribution in [0.25, 0.3) is 16.9 Å². The van der Waals surface area contributed by atoms with E-state index in [0.717, 1.165) is 29.8 Å². The minimum atomic E-state index is -0.0874. The van der Waals surface area contributed by atoms with E-state index >= 15 is 0 Å². The van der Waals surface area contributed by atoms with Crippen molar-refractivity contribution >= 4 is 5.91 Å². The number of carbonyl (C=O) groups excluding carboxylic acids is 1. The van der Waals surface area contributed by atoms with Gasteiger partial charge in [-0.1, -0.05) is 50.3 Å². The maximum Gasteiger partial charge on any atom is 0.272 e. The van der Waals surface area contributed by atoms with Gasteiger partial charge in [-0.05, 0) is 43.2 Å². The third kappa shape index (κ3) is 4.30. The normalized spacial score (nSPS) is 15.6. The van der Waals surface area contributed by atoms with Gasteiger partial charge in [0.25, 0.3) is 5.91 Å². The van der Waals surface area contributed by atoms with Gasteiger partial charge in [0.15, 0.2) is 5.69 Å². The van der Waals surface area contributed by atoms with Crippen molar-refractivity contribution in [3.8, 4) is 16.9 Å². The second-order valence-electron chi connectivity index (χ2n) is 7.41. The van der Waals surface area contributed by atoms with E-state index in [4.69, 9.17) is 0 Å². The Morgan fingerprint density at radius 3 is 2.32 bits per heavy atom. The van der Waals surface area contributed by atoms with Gasteiger partial charge >= 0.3 is 0 Å². The molecule has 1 N–H and O–H groups in total. The highest BCUT2D eigenvalue weighted by molar-refractivity contribution is 5.93. The Labute approximate surface area is 165 Å². The molecule has 28 heavy (non-hydrogen) atoms. The van der Waals surface area contributed by atoms with Crippen molar-refractivity contribution in [1.82, 2.24) is 20.1 Å². The summed E-state index contributed by atoms with van der Waals surface area (Å²) in [6.45, 7) is 0. The lowest BCUT2D eigenvalue weighted by Crippen LogP contribution is -2.35. The number of rotatable bonds is 4. The molecular weight excluding hydrogens is 348 g/mol. The van der Waals surface area contributed by atoms with Crippen LogP contribution in [0.3, 0.4) is 0 Å². The fourth-order valence-corrected chi connectivity index (χ4v) is 3.85. The van der Waals surface area contributed by atoms with Crippen LogP contribution < -0.4 is 5.32 Å². The van der Waals surface area contributed by atoms with Crippen LogP contribution in [-0.2, 0) is 0 Å². The molecule has 1 fully saturated rings. The molecule has 4 rings (SSSR count). The van der Waals surface area contributed by atoms with E-state index in [2.05, 4.69) is 15.4 Å². The fraction of sp³-hybridized carbons (Fsp3) is 0.348. The number of carbonyl (C=O) groups is 1. The molecule has 5 heteroatoms. The monoisotopic (exact) mass is 374 g/mol. The summed E-state index contributed by atoms with van der Waals surface area (Å²) in [6.07, 6.45) is 11.8. The van der Waals surface area contributed by atoms with Crippen molar-refractivity contribution in [1.29, 1.82) is 0 Å². The van der Waals surface area contributed by atoms with Crippen molar-refractivity contribution in [3.63, 3.8) is 0 Å². The number of hydrogen-bond acceptors (Lipinski definition) is 3. The van der Waals surface area contributed by atoms with Crippen LogP contribution in [0.4, 0.5) is 0 Å². The van der Waals surface area contributed by atoms with Gasteiger partial charge in [0.05, 0.1) is 11.4 Å². The first-order chi connectivity index (χ1) is 13.8. The Hall–Kier alpha value is -2.95. The first kappa shape index (κ1) is 18.4. The van der Waals surface area contributed by atoms with E-state index in [9.17, 15) is 4.79 Å². The first-order valence-electron chi connectivity index (χ1n) is 10.2. The summed E-state index contributed by atoms with van der Waals surface area (Å²) in [5, 5.41) is 7.87. The number of hydrogen-bond donors (Lipinski definition) is 1. The van der Waals surface area contributed by atoms with E-state index in [1.54, 1.807) is 12.4 Å². The summed E-state index contributed by atoms with van der Waals surface area (Å²) in [7, 11) is 0. The molecule has 3 aromatic rings. The third-order valence-electron chi connectivity index (χ3n) is 5.36. The average molecular weight is 374 g/mol. The fourth-order valence-electron chi connectivity index (χ4n) is 3.85. The molecule has 0 radical (unpaired) electrons. The minimum absolute atomic E-state index is 0.0874. The molecule has 1 aliphatic rings. The van der Waals surface area contributed by atoms with Gasteiger partial charge in [-0.15, -0.1) is 0 Å². The highest BCUT2D eigenvalue weighted by Crippen LogP contribution is 2.24. The molecule has 2 aromatic heterocycles. The van der Waals surface area contributed by atoms with Gasteiger partial charge in [-0.3, -0.25) is 9.78 Å². The van der Waals surface area contributed by atoms with Crippen molar-refractivity contribution in [2.45, 2.75) is 51.0 Å². The summed E-state index contributed by atoms with van der Waals surface area (Å²) in [4.78, 5) is 17.0. The number of amides is 1. The van der Waals surface area contributed by atoms with Crippen LogP contribution in [0.1, 0.15) is 55.4 Å². The van der Waals surface area contributed by atoms with Crippen molar-refractivity contribution in [2.24, 2.45) is 0 Å².